The molecule has 0 bridgehead atoms. The SMILES string of the molecule is N#Cc1ncccc1N1CCC(c2ccc3cc(C4CC4)cnc3n2)CC1. The predicted octanol–water partition coefficient (Wildman–Crippen LogP) is 4.16. The quantitative estimate of drug-likeness (QED) is 0.706. The largest absolute Gasteiger partial charge is 0.369 e. The molecule has 4 heterocycles. The highest BCUT2D eigenvalue weighted by molar-refractivity contribution is 5.75. The van der Waals surface area contributed by atoms with Crippen LogP contribution < -0.4 is 4.90 Å². The van der Waals surface area contributed by atoms with Crippen LogP contribution in [-0.4, -0.2) is 28.0 Å². The first-order valence-corrected chi connectivity index (χ1v) is 9.68. The van der Waals surface area contributed by atoms with Crippen molar-refractivity contribution >= 4 is 16.7 Å². The Hall–Kier alpha value is -3.00. The van der Waals surface area contributed by atoms with Crippen molar-refractivity contribution in [1.29, 1.82) is 5.26 Å². The van der Waals surface area contributed by atoms with E-state index in [0.717, 1.165) is 54.3 Å². The molecule has 5 rings (SSSR count). The molecule has 1 aliphatic carbocycles. The Morgan fingerprint density at radius 1 is 1.00 bits per heavy atom. The van der Waals surface area contributed by atoms with Crippen molar-refractivity contribution in [3.05, 3.63) is 59.7 Å². The number of nitrogens with zero attached hydrogens (tertiary/aromatic N) is 5. The van der Waals surface area contributed by atoms with Gasteiger partial charge in [0.1, 0.15) is 6.07 Å². The summed E-state index contributed by atoms with van der Waals surface area (Å²) in [6.45, 7) is 1.83. The van der Waals surface area contributed by atoms with E-state index in [-0.39, 0.29) is 0 Å². The van der Waals surface area contributed by atoms with E-state index in [1.807, 2.05) is 18.3 Å². The van der Waals surface area contributed by atoms with Crippen molar-refractivity contribution in [3.8, 4) is 6.07 Å². The van der Waals surface area contributed by atoms with Crippen molar-refractivity contribution in [1.82, 2.24) is 15.0 Å². The molecule has 3 aromatic heterocycles. The molecule has 0 spiro atoms. The van der Waals surface area contributed by atoms with Crippen LogP contribution in [0.25, 0.3) is 11.0 Å². The van der Waals surface area contributed by atoms with E-state index >= 15 is 0 Å². The number of nitriles is 1. The lowest BCUT2D eigenvalue weighted by atomic mass is 9.92. The maximum atomic E-state index is 9.28. The first-order valence-electron chi connectivity index (χ1n) is 9.68. The Balaban J connectivity index is 1.33. The topological polar surface area (TPSA) is 65.7 Å². The molecule has 2 aliphatic rings. The molecule has 5 heteroatoms. The molecule has 2 fully saturated rings. The average Bonchev–Trinajstić information content (AvgIpc) is 3.58. The fraction of sp³-hybridized carbons (Fsp3) is 0.364. The van der Waals surface area contributed by atoms with Crippen LogP contribution in [0.1, 0.15) is 54.5 Å². The lowest BCUT2D eigenvalue weighted by Crippen LogP contribution is -2.33. The number of aromatic nitrogens is 3. The zero-order valence-corrected chi connectivity index (χ0v) is 15.2. The van der Waals surface area contributed by atoms with Crippen molar-refractivity contribution in [2.24, 2.45) is 0 Å². The second-order valence-corrected chi connectivity index (χ2v) is 7.57. The molecule has 1 saturated carbocycles. The summed E-state index contributed by atoms with van der Waals surface area (Å²) in [4.78, 5) is 15.9. The number of hydrogen-bond acceptors (Lipinski definition) is 5. The molecular weight excluding hydrogens is 334 g/mol. The number of fused-ring (bicyclic) bond motifs is 1. The molecule has 1 aliphatic heterocycles. The van der Waals surface area contributed by atoms with Crippen LogP contribution in [0.2, 0.25) is 0 Å². The van der Waals surface area contributed by atoms with Crippen LogP contribution in [0.4, 0.5) is 5.69 Å². The van der Waals surface area contributed by atoms with E-state index in [2.05, 4.69) is 39.1 Å². The van der Waals surface area contributed by atoms with Crippen LogP contribution in [0.5, 0.6) is 0 Å². The Bertz CT molecular complexity index is 1030. The van der Waals surface area contributed by atoms with Gasteiger partial charge in [0.15, 0.2) is 11.3 Å². The third-order valence-corrected chi connectivity index (χ3v) is 5.78. The smallest absolute Gasteiger partial charge is 0.163 e. The van der Waals surface area contributed by atoms with Gasteiger partial charge in [0.05, 0.1) is 5.69 Å². The summed E-state index contributed by atoms with van der Waals surface area (Å²) in [5, 5.41) is 10.4. The summed E-state index contributed by atoms with van der Waals surface area (Å²) in [5.74, 6) is 1.16. The molecule has 27 heavy (non-hydrogen) atoms. The first-order chi connectivity index (χ1) is 13.3. The van der Waals surface area contributed by atoms with E-state index < -0.39 is 0 Å². The van der Waals surface area contributed by atoms with E-state index in [4.69, 9.17) is 4.98 Å². The van der Waals surface area contributed by atoms with Gasteiger partial charge in [0.25, 0.3) is 0 Å². The number of anilines is 1. The van der Waals surface area contributed by atoms with Crippen LogP contribution in [0, 0.1) is 11.3 Å². The lowest BCUT2D eigenvalue weighted by molar-refractivity contribution is 0.497. The molecule has 5 nitrogen and oxygen atoms in total. The van der Waals surface area contributed by atoms with Crippen LogP contribution in [0.3, 0.4) is 0 Å². The Morgan fingerprint density at radius 3 is 2.63 bits per heavy atom. The van der Waals surface area contributed by atoms with Gasteiger partial charge in [-0.3, -0.25) is 0 Å². The maximum absolute atomic E-state index is 9.28. The summed E-state index contributed by atoms with van der Waals surface area (Å²) in [5.41, 5.74) is 4.81. The molecule has 0 radical (unpaired) electrons. The minimum atomic E-state index is 0.442. The van der Waals surface area contributed by atoms with Gasteiger partial charge in [-0.2, -0.15) is 5.26 Å². The number of hydrogen-bond donors (Lipinski definition) is 0. The maximum Gasteiger partial charge on any atom is 0.163 e. The summed E-state index contributed by atoms with van der Waals surface area (Å²) in [7, 11) is 0. The Morgan fingerprint density at radius 2 is 1.85 bits per heavy atom. The van der Waals surface area contributed by atoms with Crippen molar-refractivity contribution < 1.29 is 0 Å². The highest BCUT2D eigenvalue weighted by Gasteiger charge is 2.25. The van der Waals surface area contributed by atoms with Gasteiger partial charge < -0.3 is 4.90 Å². The monoisotopic (exact) mass is 355 g/mol. The summed E-state index contributed by atoms with van der Waals surface area (Å²) >= 11 is 0. The zero-order chi connectivity index (χ0) is 18.2. The normalized spacial score (nSPS) is 17.8. The van der Waals surface area contributed by atoms with Gasteiger partial charge in [0, 0.05) is 42.5 Å². The molecule has 0 unspecified atom stereocenters. The zero-order valence-electron chi connectivity index (χ0n) is 15.2. The fourth-order valence-electron chi connectivity index (χ4n) is 4.06. The predicted molar refractivity (Wildman–Crippen MR) is 105 cm³/mol. The van der Waals surface area contributed by atoms with E-state index in [1.165, 1.54) is 18.4 Å². The van der Waals surface area contributed by atoms with E-state index in [0.29, 0.717) is 11.6 Å². The molecule has 0 aromatic carbocycles. The highest BCUT2D eigenvalue weighted by Crippen LogP contribution is 2.40. The third-order valence-electron chi connectivity index (χ3n) is 5.78. The second-order valence-electron chi connectivity index (χ2n) is 7.57. The van der Waals surface area contributed by atoms with Crippen molar-refractivity contribution in [2.45, 2.75) is 37.5 Å². The first kappa shape index (κ1) is 16.2. The van der Waals surface area contributed by atoms with Crippen molar-refractivity contribution in [2.75, 3.05) is 18.0 Å². The summed E-state index contributed by atoms with van der Waals surface area (Å²) in [6, 6.07) is 12.7. The van der Waals surface area contributed by atoms with Gasteiger partial charge in [-0.25, -0.2) is 15.0 Å². The Kier molecular flexibility index (Phi) is 3.97. The van der Waals surface area contributed by atoms with Gasteiger partial charge in [0.2, 0.25) is 0 Å². The Labute approximate surface area is 158 Å². The molecule has 3 aromatic rings. The van der Waals surface area contributed by atoms with Gasteiger partial charge in [-0.1, -0.05) is 0 Å². The molecule has 1 saturated heterocycles. The molecule has 0 N–H and O–H groups in total. The lowest BCUT2D eigenvalue weighted by Gasteiger charge is -2.33. The molecule has 134 valence electrons. The summed E-state index contributed by atoms with van der Waals surface area (Å²) < 4.78 is 0. The third kappa shape index (κ3) is 3.12. The molecule has 0 atom stereocenters. The highest BCUT2D eigenvalue weighted by atomic mass is 15.1. The summed E-state index contributed by atoms with van der Waals surface area (Å²) in [6.07, 6.45) is 8.32. The minimum Gasteiger partial charge on any atom is -0.369 e. The van der Waals surface area contributed by atoms with Gasteiger partial charge >= 0.3 is 0 Å². The average molecular weight is 355 g/mol. The minimum absolute atomic E-state index is 0.442. The second kappa shape index (κ2) is 6.62. The number of rotatable bonds is 3. The van der Waals surface area contributed by atoms with Crippen LogP contribution >= 0.6 is 0 Å². The van der Waals surface area contributed by atoms with E-state index in [1.54, 1.807) is 6.20 Å². The van der Waals surface area contributed by atoms with Crippen LogP contribution in [0.15, 0.2) is 42.7 Å². The van der Waals surface area contributed by atoms with E-state index in [9.17, 15) is 5.26 Å². The van der Waals surface area contributed by atoms with Gasteiger partial charge in [-0.05, 0) is 67.5 Å². The number of pyridine rings is 3. The number of piperidine rings is 1. The van der Waals surface area contributed by atoms with Gasteiger partial charge in [-0.15, -0.1) is 0 Å². The fourth-order valence-corrected chi connectivity index (χ4v) is 4.06. The molecule has 0 amide bonds. The van der Waals surface area contributed by atoms with Crippen molar-refractivity contribution in [3.63, 3.8) is 0 Å². The van der Waals surface area contributed by atoms with Crippen LogP contribution in [-0.2, 0) is 0 Å². The standard InChI is InChI=1S/C22H21N5/c23-13-20-21(2-1-9-24-20)27-10-7-16(8-11-27)19-6-5-17-12-18(15-3-4-15)14-25-22(17)26-19/h1-2,5-6,9,12,14-16H,3-4,7-8,10-11H2. The molecular formula is C22H21N5.